The Hall–Kier alpha value is -1.13. The van der Waals surface area contributed by atoms with Crippen molar-refractivity contribution in [2.24, 2.45) is 0 Å². The monoisotopic (exact) mass is 240 g/mol. The van der Waals surface area contributed by atoms with Gasteiger partial charge in [-0.05, 0) is 37.2 Å². The van der Waals surface area contributed by atoms with Crippen LogP contribution in [0.2, 0.25) is 0 Å². The maximum atomic E-state index is 13.4. The van der Waals surface area contributed by atoms with Crippen LogP contribution in [-0.2, 0) is 6.42 Å². The standard InChI is InChI=1S/C13H21FN2O/c1-3-15-8-9-16-7-6-11-4-5-13(17-2)12(14)10-11/h4-5,10,15-16H,3,6-9H2,1-2H3. The van der Waals surface area contributed by atoms with Gasteiger partial charge in [-0.3, -0.25) is 0 Å². The molecule has 0 spiro atoms. The van der Waals surface area contributed by atoms with E-state index in [4.69, 9.17) is 4.74 Å². The SMILES string of the molecule is CCNCCNCCc1ccc(OC)c(F)c1. The maximum absolute atomic E-state index is 13.4. The Morgan fingerprint density at radius 1 is 1.18 bits per heavy atom. The molecule has 2 N–H and O–H groups in total. The summed E-state index contributed by atoms with van der Waals surface area (Å²) in [6, 6.07) is 5.10. The fourth-order valence-corrected chi connectivity index (χ4v) is 1.58. The van der Waals surface area contributed by atoms with Gasteiger partial charge in [-0.25, -0.2) is 4.39 Å². The minimum absolute atomic E-state index is 0.294. The maximum Gasteiger partial charge on any atom is 0.165 e. The molecule has 0 unspecified atom stereocenters. The molecule has 0 radical (unpaired) electrons. The van der Waals surface area contributed by atoms with E-state index >= 15 is 0 Å². The molecule has 0 aliphatic heterocycles. The Morgan fingerprint density at radius 2 is 1.94 bits per heavy atom. The van der Waals surface area contributed by atoms with Crippen LogP contribution in [0.5, 0.6) is 5.75 Å². The van der Waals surface area contributed by atoms with Crippen LogP contribution in [0.4, 0.5) is 4.39 Å². The van der Waals surface area contributed by atoms with Gasteiger partial charge < -0.3 is 15.4 Å². The zero-order valence-electron chi connectivity index (χ0n) is 10.6. The molecule has 0 saturated heterocycles. The predicted molar refractivity (Wildman–Crippen MR) is 68.1 cm³/mol. The zero-order chi connectivity index (χ0) is 12.5. The van der Waals surface area contributed by atoms with Crippen LogP contribution in [0.15, 0.2) is 18.2 Å². The highest BCUT2D eigenvalue weighted by molar-refractivity contribution is 5.29. The highest BCUT2D eigenvalue weighted by Gasteiger charge is 2.02. The molecule has 96 valence electrons. The van der Waals surface area contributed by atoms with E-state index in [-0.39, 0.29) is 5.82 Å². The van der Waals surface area contributed by atoms with Crippen LogP contribution in [0.3, 0.4) is 0 Å². The van der Waals surface area contributed by atoms with Crippen molar-refractivity contribution in [3.05, 3.63) is 29.6 Å². The molecule has 0 aromatic heterocycles. The van der Waals surface area contributed by atoms with E-state index in [0.29, 0.717) is 5.75 Å². The number of rotatable bonds is 8. The van der Waals surface area contributed by atoms with Crippen LogP contribution in [0.1, 0.15) is 12.5 Å². The summed E-state index contributed by atoms with van der Waals surface area (Å²) in [4.78, 5) is 0. The van der Waals surface area contributed by atoms with Gasteiger partial charge in [0.1, 0.15) is 0 Å². The number of hydrogen-bond acceptors (Lipinski definition) is 3. The van der Waals surface area contributed by atoms with E-state index in [2.05, 4.69) is 17.6 Å². The summed E-state index contributed by atoms with van der Waals surface area (Å²) >= 11 is 0. The molecule has 1 aromatic rings. The van der Waals surface area contributed by atoms with Gasteiger partial charge in [0.05, 0.1) is 7.11 Å². The highest BCUT2D eigenvalue weighted by atomic mass is 19.1. The number of methoxy groups -OCH3 is 1. The molecule has 1 rings (SSSR count). The Bertz CT molecular complexity index is 331. The van der Waals surface area contributed by atoms with E-state index in [1.807, 2.05) is 6.07 Å². The van der Waals surface area contributed by atoms with E-state index in [9.17, 15) is 4.39 Å². The van der Waals surface area contributed by atoms with E-state index in [0.717, 1.165) is 38.2 Å². The van der Waals surface area contributed by atoms with Gasteiger partial charge >= 0.3 is 0 Å². The number of ether oxygens (including phenoxy) is 1. The first kappa shape index (κ1) is 13.9. The third kappa shape index (κ3) is 5.15. The first-order chi connectivity index (χ1) is 8.27. The van der Waals surface area contributed by atoms with Gasteiger partial charge in [0.2, 0.25) is 0 Å². The van der Waals surface area contributed by atoms with Gasteiger partial charge in [-0.1, -0.05) is 13.0 Å². The Labute approximate surface area is 102 Å². The van der Waals surface area contributed by atoms with Crippen LogP contribution in [0, 0.1) is 5.82 Å². The molecule has 0 atom stereocenters. The van der Waals surface area contributed by atoms with Gasteiger partial charge in [0.15, 0.2) is 11.6 Å². The van der Waals surface area contributed by atoms with E-state index in [1.165, 1.54) is 13.2 Å². The van der Waals surface area contributed by atoms with Crippen molar-refractivity contribution >= 4 is 0 Å². The lowest BCUT2D eigenvalue weighted by Gasteiger charge is -2.07. The molecule has 4 heteroatoms. The number of likely N-dealkylation sites (N-methyl/N-ethyl adjacent to an activating group) is 1. The van der Waals surface area contributed by atoms with E-state index < -0.39 is 0 Å². The average molecular weight is 240 g/mol. The highest BCUT2D eigenvalue weighted by Crippen LogP contribution is 2.17. The Balaban J connectivity index is 2.25. The summed E-state index contributed by atoms with van der Waals surface area (Å²) in [7, 11) is 1.47. The molecule has 17 heavy (non-hydrogen) atoms. The number of nitrogens with one attached hydrogen (secondary N) is 2. The van der Waals surface area contributed by atoms with Crippen molar-refractivity contribution < 1.29 is 9.13 Å². The van der Waals surface area contributed by atoms with Crippen molar-refractivity contribution in [3.63, 3.8) is 0 Å². The third-order valence-corrected chi connectivity index (χ3v) is 2.54. The van der Waals surface area contributed by atoms with Crippen LogP contribution in [0.25, 0.3) is 0 Å². The minimum atomic E-state index is -0.294. The molecule has 0 heterocycles. The summed E-state index contributed by atoms with van der Waals surface area (Å²) < 4.78 is 18.2. The predicted octanol–water partition coefficient (Wildman–Crippen LogP) is 1.58. The molecule has 0 amide bonds. The molecule has 3 nitrogen and oxygen atoms in total. The fourth-order valence-electron chi connectivity index (χ4n) is 1.58. The average Bonchev–Trinajstić information content (AvgIpc) is 2.34. The topological polar surface area (TPSA) is 33.3 Å². The lowest BCUT2D eigenvalue weighted by Crippen LogP contribution is -2.28. The molecule has 0 fully saturated rings. The first-order valence-electron chi connectivity index (χ1n) is 6.01. The second-order valence-corrected chi connectivity index (χ2v) is 3.82. The lowest BCUT2D eigenvalue weighted by molar-refractivity contribution is 0.386. The summed E-state index contributed by atoms with van der Waals surface area (Å²) in [6.07, 6.45) is 0.826. The molecule has 1 aromatic carbocycles. The van der Waals surface area contributed by atoms with Crippen LogP contribution in [-0.4, -0.2) is 33.3 Å². The number of benzene rings is 1. The van der Waals surface area contributed by atoms with Crippen LogP contribution < -0.4 is 15.4 Å². The van der Waals surface area contributed by atoms with Crippen molar-refractivity contribution in [2.45, 2.75) is 13.3 Å². The third-order valence-electron chi connectivity index (χ3n) is 2.54. The molecule has 0 bridgehead atoms. The smallest absolute Gasteiger partial charge is 0.165 e. The summed E-state index contributed by atoms with van der Waals surface area (Å²) in [5.74, 6) is 0.00602. The molecular weight excluding hydrogens is 219 g/mol. The number of hydrogen-bond donors (Lipinski definition) is 2. The molecular formula is C13H21FN2O. The molecule has 0 aliphatic rings. The van der Waals surface area contributed by atoms with Crippen molar-refractivity contribution in [3.8, 4) is 5.75 Å². The zero-order valence-corrected chi connectivity index (χ0v) is 10.6. The Morgan fingerprint density at radius 3 is 2.59 bits per heavy atom. The second-order valence-electron chi connectivity index (χ2n) is 3.82. The molecule has 0 saturated carbocycles. The van der Waals surface area contributed by atoms with Crippen molar-refractivity contribution in [2.75, 3.05) is 33.3 Å². The Kier molecular flexibility index (Phi) is 6.58. The second kappa shape index (κ2) is 8.03. The lowest BCUT2D eigenvalue weighted by atomic mass is 10.1. The first-order valence-corrected chi connectivity index (χ1v) is 6.01. The summed E-state index contributed by atoms with van der Waals surface area (Å²) in [5, 5.41) is 6.53. The van der Waals surface area contributed by atoms with Gasteiger partial charge in [0, 0.05) is 13.1 Å². The number of halogens is 1. The van der Waals surface area contributed by atoms with Crippen LogP contribution >= 0.6 is 0 Å². The molecule has 0 aliphatic carbocycles. The van der Waals surface area contributed by atoms with Gasteiger partial charge in [-0.15, -0.1) is 0 Å². The van der Waals surface area contributed by atoms with Crippen molar-refractivity contribution in [1.29, 1.82) is 0 Å². The summed E-state index contributed by atoms with van der Waals surface area (Å²) in [6.45, 7) is 5.84. The van der Waals surface area contributed by atoms with Gasteiger partial charge in [-0.2, -0.15) is 0 Å². The fraction of sp³-hybridized carbons (Fsp3) is 0.538. The largest absolute Gasteiger partial charge is 0.494 e. The quantitative estimate of drug-likeness (QED) is 0.677. The van der Waals surface area contributed by atoms with Gasteiger partial charge in [0.25, 0.3) is 0 Å². The minimum Gasteiger partial charge on any atom is -0.494 e. The van der Waals surface area contributed by atoms with Crippen molar-refractivity contribution in [1.82, 2.24) is 10.6 Å². The summed E-state index contributed by atoms with van der Waals surface area (Å²) in [5.41, 5.74) is 0.985. The normalized spacial score (nSPS) is 10.5. The van der Waals surface area contributed by atoms with E-state index in [1.54, 1.807) is 6.07 Å².